The SMILES string of the molecule is C=CCC1CCC(C2CC=C(c3ccc(C4=CCC(C5CCC(CC=C)CC5)CC4)cc3)CC2)CC1. The molecule has 2 unspecified atom stereocenters. The van der Waals surface area contributed by atoms with Crippen LogP contribution in [0.4, 0.5) is 0 Å². The van der Waals surface area contributed by atoms with Crippen molar-refractivity contribution in [2.45, 2.75) is 103 Å². The highest BCUT2D eigenvalue weighted by atomic mass is 14.3. The van der Waals surface area contributed by atoms with E-state index in [1.807, 2.05) is 0 Å². The largest absolute Gasteiger partial charge is 0.103 e. The summed E-state index contributed by atoms with van der Waals surface area (Å²) in [6.45, 7) is 7.89. The second kappa shape index (κ2) is 12.6. The Morgan fingerprint density at radius 1 is 0.528 bits per heavy atom. The van der Waals surface area contributed by atoms with Crippen molar-refractivity contribution in [2.24, 2.45) is 35.5 Å². The van der Waals surface area contributed by atoms with Crippen LogP contribution in [-0.4, -0.2) is 0 Å². The molecular formula is C36H50. The Hall–Kier alpha value is -1.82. The van der Waals surface area contributed by atoms with Gasteiger partial charge in [-0.1, -0.05) is 48.6 Å². The molecule has 2 saturated carbocycles. The molecular weight excluding hydrogens is 432 g/mol. The summed E-state index contributed by atoms with van der Waals surface area (Å²) in [6, 6.07) is 9.65. The molecule has 0 bridgehead atoms. The van der Waals surface area contributed by atoms with Gasteiger partial charge >= 0.3 is 0 Å². The Morgan fingerprint density at radius 2 is 0.917 bits per heavy atom. The van der Waals surface area contributed by atoms with Gasteiger partial charge in [-0.2, -0.15) is 0 Å². The van der Waals surface area contributed by atoms with Gasteiger partial charge in [0.15, 0.2) is 0 Å². The fourth-order valence-corrected chi connectivity index (χ4v) is 8.25. The molecule has 1 aromatic carbocycles. The minimum atomic E-state index is 0.916. The molecule has 0 radical (unpaired) electrons. The highest BCUT2D eigenvalue weighted by molar-refractivity contribution is 5.71. The molecule has 194 valence electrons. The van der Waals surface area contributed by atoms with Gasteiger partial charge in [-0.15, -0.1) is 13.2 Å². The van der Waals surface area contributed by atoms with Crippen LogP contribution in [0.1, 0.15) is 114 Å². The lowest BCUT2D eigenvalue weighted by atomic mass is 9.70. The summed E-state index contributed by atoms with van der Waals surface area (Å²) in [5, 5.41) is 0. The predicted octanol–water partition coefficient (Wildman–Crippen LogP) is 10.8. The van der Waals surface area contributed by atoms with Gasteiger partial charge in [0.05, 0.1) is 0 Å². The van der Waals surface area contributed by atoms with Crippen LogP contribution in [0.5, 0.6) is 0 Å². The first-order valence-corrected chi connectivity index (χ1v) is 15.4. The minimum absolute atomic E-state index is 0.916. The van der Waals surface area contributed by atoms with Crippen molar-refractivity contribution in [3.05, 3.63) is 72.9 Å². The first-order valence-electron chi connectivity index (χ1n) is 15.4. The molecule has 4 aliphatic rings. The predicted molar refractivity (Wildman–Crippen MR) is 158 cm³/mol. The third kappa shape index (κ3) is 6.35. The Morgan fingerprint density at radius 3 is 1.22 bits per heavy atom. The van der Waals surface area contributed by atoms with Gasteiger partial charge in [0.25, 0.3) is 0 Å². The fourth-order valence-electron chi connectivity index (χ4n) is 8.25. The van der Waals surface area contributed by atoms with E-state index in [2.05, 4.69) is 61.7 Å². The first-order chi connectivity index (χ1) is 17.7. The Bertz CT molecular complexity index is 834. The van der Waals surface area contributed by atoms with Gasteiger partial charge in [0.2, 0.25) is 0 Å². The third-order valence-corrected chi connectivity index (χ3v) is 10.6. The van der Waals surface area contributed by atoms with E-state index in [1.165, 1.54) is 114 Å². The van der Waals surface area contributed by atoms with Crippen LogP contribution in [0.25, 0.3) is 11.1 Å². The van der Waals surface area contributed by atoms with Gasteiger partial charge in [0.1, 0.15) is 0 Å². The molecule has 5 rings (SSSR count). The van der Waals surface area contributed by atoms with Gasteiger partial charge in [0, 0.05) is 0 Å². The second-order valence-electron chi connectivity index (χ2n) is 12.7. The zero-order chi connectivity index (χ0) is 24.7. The molecule has 0 heteroatoms. The zero-order valence-electron chi connectivity index (χ0n) is 22.8. The third-order valence-electron chi connectivity index (χ3n) is 10.6. The molecule has 0 aromatic heterocycles. The van der Waals surface area contributed by atoms with Crippen molar-refractivity contribution in [1.29, 1.82) is 0 Å². The molecule has 0 saturated heterocycles. The maximum Gasteiger partial charge on any atom is -0.0227 e. The van der Waals surface area contributed by atoms with Crippen molar-refractivity contribution in [3.63, 3.8) is 0 Å². The Balaban J connectivity index is 1.11. The summed E-state index contributed by atoms with van der Waals surface area (Å²) >= 11 is 0. The average Bonchev–Trinajstić information content (AvgIpc) is 2.95. The lowest BCUT2D eigenvalue weighted by Crippen LogP contribution is -2.23. The maximum atomic E-state index is 3.95. The van der Waals surface area contributed by atoms with E-state index >= 15 is 0 Å². The van der Waals surface area contributed by atoms with E-state index in [1.54, 1.807) is 11.1 Å². The molecule has 0 amide bonds. The minimum Gasteiger partial charge on any atom is -0.103 e. The zero-order valence-corrected chi connectivity index (χ0v) is 22.8. The Kier molecular flexibility index (Phi) is 9.05. The summed E-state index contributed by atoms with van der Waals surface area (Å²) in [5.41, 5.74) is 6.14. The molecule has 0 heterocycles. The lowest BCUT2D eigenvalue weighted by molar-refractivity contribution is 0.195. The summed E-state index contributed by atoms with van der Waals surface area (Å²) < 4.78 is 0. The standard InChI is InChI=1S/C36H50/c1-3-5-27-7-11-29(12-8-27)31-15-19-33(20-16-31)35-23-25-36(26-24-35)34-21-17-32(18-22-34)30-13-9-28(6-4-2)10-14-30/h3-4,19,21,23-32H,1-2,5-18,20,22H2. The number of hydrogen-bond acceptors (Lipinski definition) is 0. The molecule has 1 aromatic rings. The maximum absolute atomic E-state index is 3.95. The van der Waals surface area contributed by atoms with E-state index < -0.39 is 0 Å². The quantitative estimate of drug-likeness (QED) is 0.323. The smallest absolute Gasteiger partial charge is 0.0227 e. The number of rotatable bonds is 8. The number of hydrogen-bond donors (Lipinski definition) is 0. The van der Waals surface area contributed by atoms with Crippen molar-refractivity contribution in [1.82, 2.24) is 0 Å². The van der Waals surface area contributed by atoms with E-state index in [-0.39, 0.29) is 0 Å². The molecule has 0 spiro atoms. The molecule has 2 atom stereocenters. The van der Waals surface area contributed by atoms with E-state index in [0.29, 0.717) is 0 Å². The lowest BCUT2D eigenvalue weighted by Gasteiger charge is -2.35. The average molecular weight is 483 g/mol. The molecule has 2 fully saturated rings. The van der Waals surface area contributed by atoms with Crippen LogP contribution < -0.4 is 0 Å². The summed E-state index contributed by atoms with van der Waals surface area (Å²) in [5.74, 6) is 5.62. The topological polar surface area (TPSA) is 0 Å². The summed E-state index contributed by atoms with van der Waals surface area (Å²) in [7, 11) is 0. The first kappa shape index (κ1) is 25.8. The molecule has 36 heavy (non-hydrogen) atoms. The van der Waals surface area contributed by atoms with Crippen LogP contribution in [0.3, 0.4) is 0 Å². The van der Waals surface area contributed by atoms with Gasteiger partial charge in [-0.3, -0.25) is 0 Å². The van der Waals surface area contributed by atoms with Gasteiger partial charge in [-0.25, -0.2) is 0 Å². The highest BCUT2D eigenvalue weighted by Gasteiger charge is 2.30. The van der Waals surface area contributed by atoms with Crippen LogP contribution in [0.15, 0.2) is 61.7 Å². The number of allylic oxidation sites excluding steroid dienone is 6. The normalized spacial score (nSPS) is 33.3. The van der Waals surface area contributed by atoms with Gasteiger partial charge in [-0.05, 0) is 161 Å². The second-order valence-corrected chi connectivity index (χ2v) is 12.7. The van der Waals surface area contributed by atoms with Crippen LogP contribution in [0, 0.1) is 35.5 Å². The summed E-state index contributed by atoms with van der Waals surface area (Å²) in [4.78, 5) is 0. The van der Waals surface area contributed by atoms with Gasteiger partial charge < -0.3 is 0 Å². The van der Waals surface area contributed by atoms with Crippen molar-refractivity contribution in [3.8, 4) is 0 Å². The molecule has 0 aliphatic heterocycles. The van der Waals surface area contributed by atoms with Crippen LogP contribution >= 0.6 is 0 Å². The highest BCUT2D eigenvalue weighted by Crippen LogP contribution is 2.43. The summed E-state index contributed by atoms with van der Waals surface area (Å²) in [6.07, 6.45) is 31.4. The molecule has 0 N–H and O–H groups in total. The van der Waals surface area contributed by atoms with Crippen LogP contribution in [0.2, 0.25) is 0 Å². The fraction of sp³-hybridized carbons (Fsp3) is 0.611. The van der Waals surface area contributed by atoms with Crippen molar-refractivity contribution in [2.75, 3.05) is 0 Å². The van der Waals surface area contributed by atoms with Crippen molar-refractivity contribution < 1.29 is 0 Å². The monoisotopic (exact) mass is 482 g/mol. The van der Waals surface area contributed by atoms with E-state index in [9.17, 15) is 0 Å². The Labute approximate surface area is 222 Å². The molecule has 4 aliphatic carbocycles. The van der Waals surface area contributed by atoms with Crippen LogP contribution in [-0.2, 0) is 0 Å². The van der Waals surface area contributed by atoms with E-state index in [0.717, 1.165) is 35.5 Å². The van der Waals surface area contributed by atoms with E-state index in [4.69, 9.17) is 0 Å². The number of benzene rings is 1. The van der Waals surface area contributed by atoms with Crippen molar-refractivity contribution >= 4 is 11.1 Å². The molecule has 0 nitrogen and oxygen atoms in total.